The molecular formula is C8H17NO2. The van der Waals surface area contributed by atoms with Gasteiger partial charge in [-0.05, 0) is 19.8 Å². The van der Waals surface area contributed by atoms with Crippen molar-refractivity contribution in [3.63, 3.8) is 0 Å². The van der Waals surface area contributed by atoms with Crippen molar-refractivity contribution in [1.82, 2.24) is 0 Å². The number of carbonyl (C=O) groups is 1. The number of carbonyl (C=O) groups excluding carboxylic acids is 1. The van der Waals surface area contributed by atoms with E-state index in [0.717, 1.165) is 0 Å². The van der Waals surface area contributed by atoms with Crippen molar-refractivity contribution >= 4 is 5.91 Å². The van der Waals surface area contributed by atoms with Crippen molar-refractivity contribution in [3.05, 3.63) is 0 Å². The Morgan fingerprint density at radius 3 is 2.27 bits per heavy atom. The number of nitrogens with two attached hydrogens (primary N) is 1. The Balaban J connectivity index is 3.83. The molecule has 0 fully saturated rings. The molecule has 0 atom stereocenters. The number of amides is 1. The fourth-order valence-corrected chi connectivity index (χ4v) is 0.446. The van der Waals surface area contributed by atoms with Gasteiger partial charge in [-0.15, -0.1) is 0 Å². The maximum atomic E-state index is 10.7. The summed E-state index contributed by atoms with van der Waals surface area (Å²) in [5, 5.41) is 0. The molecule has 0 heterocycles. The minimum Gasteiger partial charge on any atom is -0.367 e. The van der Waals surface area contributed by atoms with Gasteiger partial charge in [0, 0.05) is 0 Å². The van der Waals surface area contributed by atoms with Gasteiger partial charge < -0.3 is 10.5 Å². The van der Waals surface area contributed by atoms with Gasteiger partial charge in [-0.1, -0.05) is 13.8 Å². The smallest absolute Gasteiger partial charge is 0.249 e. The van der Waals surface area contributed by atoms with Crippen LogP contribution in [0.15, 0.2) is 0 Å². The molecule has 3 nitrogen and oxygen atoms in total. The fraction of sp³-hybridized carbons (Fsp3) is 0.875. The van der Waals surface area contributed by atoms with Crippen LogP contribution >= 0.6 is 0 Å². The first-order valence-electron chi connectivity index (χ1n) is 3.80. The molecule has 0 rings (SSSR count). The Morgan fingerprint density at radius 1 is 1.55 bits per heavy atom. The molecule has 0 radical (unpaired) electrons. The molecular weight excluding hydrogens is 142 g/mol. The third kappa shape index (κ3) is 3.98. The third-order valence-corrected chi connectivity index (χ3v) is 1.37. The van der Waals surface area contributed by atoms with Crippen LogP contribution in [0, 0.1) is 5.92 Å². The lowest BCUT2D eigenvalue weighted by molar-refractivity contribution is -0.140. The summed E-state index contributed by atoms with van der Waals surface area (Å²) in [5.74, 6) is 0.00627. The Morgan fingerprint density at radius 2 is 2.00 bits per heavy atom. The largest absolute Gasteiger partial charge is 0.367 e. The maximum absolute atomic E-state index is 10.7. The zero-order chi connectivity index (χ0) is 9.07. The molecule has 0 aromatic carbocycles. The average Bonchev–Trinajstić information content (AvgIpc) is 1.84. The minimum atomic E-state index is -0.829. The Bertz CT molecular complexity index is 141. The zero-order valence-electron chi connectivity index (χ0n) is 7.68. The van der Waals surface area contributed by atoms with Crippen LogP contribution in [0.25, 0.3) is 0 Å². The summed E-state index contributed by atoms with van der Waals surface area (Å²) >= 11 is 0. The van der Waals surface area contributed by atoms with Crippen LogP contribution in [0.5, 0.6) is 0 Å². The van der Waals surface area contributed by atoms with E-state index in [2.05, 4.69) is 0 Å². The summed E-state index contributed by atoms with van der Waals surface area (Å²) < 4.78 is 5.28. The standard InChI is InChI=1S/C8H17NO2/c1-6(2)5-11-8(3,4)7(9)10/h6H,5H2,1-4H3,(H2,9,10). The van der Waals surface area contributed by atoms with E-state index in [-0.39, 0.29) is 0 Å². The van der Waals surface area contributed by atoms with Crippen LogP contribution in [-0.2, 0) is 9.53 Å². The highest BCUT2D eigenvalue weighted by molar-refractivity contribution is 5.82. The quantitative estimate of drug-likeness (QED) is 0.663. The molecule has 0 aliphatic rings. The Kier molecular flexibility index (Phi) is 3.52. The number of hydrogen-bond acceptors (Lipinski definition) is 2. The van der Waals surface area contributed by atoms with Gasteiger partial charge in [0.15, 0.2) is 0 Å². The lowest BCUT2D eigenvalue weighted by atomic mass is 10.1. The molecule has 11 heavy (non-hydrogen) atoms. The Hall–Kier alpha value is -0.570. The van der Waals surface area contributed by atoms with Crippen molar-refractivity contribution in [1.29, 1.82) is 0 Å². The first kappa shape index (κ1) is 10.4. The van der Waals surface area contributed by atoms with E-state index < -0.39 is 11.5 Å². The van der Waals surface area contributed by atoms with Crippen molar-refractivity contribution in [2.24, 2.45) is 11.7 Å². The van der Waals surface area contributed by atoms with Crippen LogP contribution < -0.4 is 5.73 Å². The summed E-state index contributed by atoms with van der Waals surface area (Å²) in [6.07, 6.45) is 0. The molecule has 0 spiro atoms. The van der Waals surface area contributed by atoms with Crippen LogP contribution in [0.3, 0.4) is 0 Å². The first-order chi connectivity index (χ1) is 4.86. The number of hydrogen-bond donors (Lipinski definition) is 1. The second kappa shape index (κ2) is 3.72. The third-order valence-electron chi connectivity index (χ3n) is 1.37. The van der Waals surface area contributed by atoms with Gasteiger partial charge in [-0.3, -0.25) is 4.79 Å². The van der Waals surface area contributed by atoms with E-state index >= 15 is 0 Å². The molecule has 2 N–H and O–H groups in total. The fourth-order valence-electron chi connectivity index (χ4n) is 0.446. The van der Waals surface area contributed by atoms with E-state index in [4.69, 9.17) is 10.5 Å². The number of ether oxygens (including phenoxy) is 1. The first-order valence-corrected chi connectivity index (χ1v) is 3.80. The molecule has 0 unspecified atom stereocenters. The van der Waals surface area contributed by atoms with Crippen molar-refractivity contribution in [3.8, 4) is 0 Å². The molecule has 0 aromatic rings. The van der Waals surface area contributed by atoms with Crippen LogP contribution in [0.4, 0.5) is 0 Å². The summed E-state index contributed by atoms with van der Waals surface area (Å²) in [5.41, 5.74) is 4.26. The maximum Gasteiger partial charge on any atom is 0.249 e. The van der Waals surface area contributed by atoms with Gasteiger partial charge in [-0.2, -0.15) is 0 Å². The lowest BCUT2D eigenvalue weighted by Gasteiger charge is -2.22. The van der Waals surface area contributed by atoms with E-state index in [1.807, 2.05) is 13.8 Å². The zero-order valence-corrected chi connectivity index (χ0v) is 7.68. The summed E-state index contributed by atoms with van der Waals surface area (Å²) in [4.78, 5) is 10.7. The second-order valence-corrected chi connectivity index (χ2v) is 3.58. The van der Waals surface area contributed by atoms with Gasteiger partial charge in [0.25, 0.3) is 0 Å². The summed E-state index contributed by atoms with van der Waals surface area (Å²) in [6, 6.07) is 0. The van der Waals surface area contributed by atoms with Crippen LogP contribution in [0.2, 0.25) is 0 Å². The highest BCUT2D eigenvalue weighted by Gasteiger charge is 2.25. The molecule has 0 aliphatic heterocycles. The Labute approximate surface area is 67.9 Å². The number of rotatable bonds is 4. The molecule has 3 heteroatoms. The molecule has 0 bridgehead atoms. The predicted molar refractivity (Wildman–Crippen MR) is 44.1 cm³/mol. The van der Waals surface area contributed by atoms with Gasteiger partial charge in [-0.25, -0.2) is 0 Å². The topological polar surface area (TPSA) is 52.3 Å². The van der Waals surface area contributed by atoms with Gasteiger partial charge in [0.05, 0.1) is 6.61 Å². The predicted octanol–water partition coefficient (Wildman–Crippen LogP) is 0.923. The number of primary amides is 1. The average molecular weight is 159 g/mol. The SMILES string of the molecule is CC(C)COC(C)(C)C(N)=O. The highest BCUT2D eigenvalue weighted by atomic mass is 16.5. The second-order valence-electron chi connectivity index (χ2n) is 3.58. The molecule has 0 saturated heterocycles. The monoisotopic (exact) mass is 159 g/mol. The molecule has 0 aromatic heterocycles. The summed E-state index contributed by atoms with van der Waals surface area (Å²) in [7, 11) is 0. The minimum absolute atomic E-state index is 0.418. The molecule has 0 saturated carbocycles. The van der Waals surface area contributed by atoms with E-state index in [9.17, 15) is 4.79 Å². The van der Waals surface area contributed by atoms with E-state index in [1.54, 1.807) is 13.8 Å². The lowest BCUT2D eigenvalue weighted by Crippen LogP contribution is -2.41. The molecule has 0 aliphatic carbocycles. The highest BCUT2D eigenvalue weighted by Crippen LogP contribution is 2.09. The normalized spacial score (nSPS) is 12.1. The van der Waals surface area contributed by atoms with Crippen molar-refractivity contribution in [2.45, 2.75) is 33.3 Å². The molecule has 1 amide bonds. The van der Waals surface area contributed by atoms with Crippen molar-refractivity contribution < 1.29 is 9.53 Å². The van der Waals surface area contributed by atoms with Gasteiger partial charge in [0.2, 0.25) is 5.91 Å². The summed E-state index contributed by atoms with van der Waals surface area (Å²) in [6.45, 7) is 7.97. The van der Waals surface area contributed by atoms with Gasteiger partial charge >= 0.3 is 0 Å². The molecule has 66 valence electrons. The van der Waals surface area contributed by atoms with E-state index in [0.29, 0.717) is 12.5 Å². The van der Waals surface area contributed by atoms with Gasteiger partial charge in [0.1, 0.15) is 5.60 Å². The van der Waals surface area contributed by atoms with Crippen LogP contribution in [-0.4, -0.2) is 18.1 Å². The van der Waals surface area contributed by atoms with Crippen LogP contribution in [0.1, 0.15) is 27.7 Å². The van der Waals surface area contributed by atoms with E-state index in [1.165, 1.54) is 0 Å². The van der Waals surface area contributed by atoms with Crippen molar-refractivity contribution in [2.75, 3.05) is 6.61 Å².